The standard InChI is InChI=1S/C8H13OSi.C5H5.Fe/c1-9-10(2,3)8-6-4-5-7-8;1-2-4-5-3-1;/h4-7H,1-3H3;1-5H;/q2*-1;+2. The van der Waals surface area contributed by atoms with Gasteiger partial charge in [0.1, 0.15) is 0 Å². The van der Waals surface area contributed by atoms with Crippen LogP contribution in [-0.4, -0.2) is 15.4 Å². The van der Waals surface area contributed by atoms with Gasteiger partial charge in [-0.1, -0.05) is 13.1 Å². The second-order valence-electron chi connectivity index (χ2n) is 3.85. The quantitative estimate of drug-likeness (QED) is 0.604. The summed E-state index contributed by atoms with van der Waals surface area (Å²) in [6, 6.07) is 18.4. The predicted octanol–water partition coefficient (Wildman–Crippen LogP) is 2.87. The van der Waals surface area contributed by atoms with Gasteiger partial charge >= 0.3 is 17.1 Å². The third-order valence-electron chi connectivity index (χ3n) is 2.42. The molecule has 0 amide bonds. The minimum atomic E-state index is -1.50. The SMILES string of the molecule is CO[Si](C)(C)[c-]1cccc1.[Fe+2].c1cc[cH-]c1. The summed E-state index contributed by atoms with van der Waals surface area (Å²) in [4.78, 5) is 0. The Bertz CT molecular complexity index is 321. The molecule has 0 atom stereocenters. The van der Waals surface area contributed by atoms with Crippen molar-refractivity contribution in [1.29, 1.82) is 0 Å². The van der Waals surface area contributed by atoms with Crippen LogP contribution in [0.2, 0.25) is 13.1 Å². The molecule has 88 valence electrons. The van der Waals surface area contributed by atoms with Gasteiger partial charge in [0.2, 0.25) is 0 Å². The maximum Gasteiger partial charge on any atom is 2.00 e. The molecule has 0 unspecified atom stereocenters. The first kappa shape index (κ1) is 15.4. The Hall–Kier alpha value is -0.604. The van der Waals surface area contributed by atoms with Crippen molar-refractivity contribution in [2.24, 2.45) is 0 Å². The first-order chi connectivity index (χ1) is 7.17. The molecular weight excluding hydrogens is 256 g/mol. The third kappa shape index (κ3) is 4.95. The Balaban J connectivity index is 0.000000318. The van der Waals surface area contributed by atoms with Crippen molar-refractivity contribution in [3.63, 3.8) is 0 Å². The summed E-state index contributed by atoms with van der Waals surface area (Å²) >= 11 is 0. The second-order valence-corrected chi connectivity index (χ2v) is 7.86. The Morgan fingerprint density at radius 3 is 1.81 bits per heavy atom. The van der Waals surface area contributed by atoms with Crippen LogP contribution in [0.4, 0.5) is 0 Å². The number of hydrogen-bond donors (Lipinski definition) is 0. The number of rotatable bonds is 2. The molecule has 2 rings (SSSR count). The topological polar surface area (TPSA) is 9.23 Å². The fourth-order valence-corrected chi connectivity index (χ4v) is 2.44. The van der Waals surface area contributed by atoms with Crippen LogP contribution in [0.25, 0.3) is 0 Å². The summed E-state index contributed by atoms with van der Waals surface area (Å²) in [5.74, 6) is 0. The average molecular weight is 274 g/mol. The van der Waals surface area contributed by atoms with Gasteiger partial charge < -0.3 is 4.43 Å². The molecule has 0 aromatic heterocycles. The minimum absolute atomic E-state index is 0. The molecule has 0 spiro atoms. The van der Waals surface area contributed by atoms with Crippen molar-refractivity contribution >= 4 is 13.5 Å². The maximum absolute atomic E-state index is 5.42. The molecular formula is C13H18FeOSi. The van der Waals surface area contributed by atoms with E-state index in [4.69, 9.17) is 4.43 Å². The Labute approximate surface area is 110 Å². The molecule has 16 heavy (non-hydrogen) atoms. The molecule has 0 radical (unpaired) electrons. The molecule has 0 bridgehead atoms. The maximum atomic E-state index is 5.42. The van der Waals surface area contributed by atoms with E-state index in [1.807, 2.05) is 30.3 Å². The molecule has 0 saturated carbocycles. The molecule has 2 aromatic carbocycles. The largest absolute Gasteiger partial charge is 2.00 e. The zero-order chi connectivity index (χ0) is 11.1. The number of hydrogen-bond acceptors (Lipinski definition) is 1. The van der Waals surface area contributed by atoms with E-state index in [0.29, 0.717) is 0 Å². The molecule has 0 heterocycles. The van der Waals surface area contributed by atoms with Crippen molar-refractivity contribution in [3.8, 4) is 0 Å². The molecule has 0 aliphatic rings. The molecule has 0 aliphatic carbocycles. The zero-order valence-electron chi connectivity index (χ0n) is 9.96. The third-order valence-corrected chi connectivity index (χ3v) is 5.17. The van der Waals surface area contributed by atoms with E-state index >= 15 is 0 Å². The summed E-state index contributed by atoms with van der Waals surface area (Å²) in [7, 11) is 0.290. The van der Waals surface area contributed by atoms with Crippen LogP contribution in [0.5, 0.6) is 0 Å². The first-order valence-corrected chi connectivity index (χ1v) is 8.01. The van der Waals surface area contributed by atoms with Gasteiger partial charge in [-0.05, 0) is 0 Å². The summed E-state index contributed by atoms with van der Waals surface area (Å²) < 4.78 is 5.42. The van der Waals surface area contributed by atoms with Crippen LogP contribution in [0, 0.1) is 0 Å². The summed E-state index contributed by atoms with van der Waals surface area (Å²) in [5.41, 5.74) is 0. The normalized spacial score (nSPS) is 9.94. The molecule has 0 fully saturated rings. The van der Waals surface area contributed by atoms with Crippen molar-refractivity contribution in [3.05, 3.63) is 54.6 Å². The fraction of sp³-hybridized carbons (Fsp3) is 0.231. The molecule has 3 heteroatoms. The van der Waals surface area contributed by atoms with Crippen molar-refractivity contribution in [2.75, 3.05) is 7.11 Å². The van der Waals surface area contributed by atoms with Gasteiger partial charge in [-0.25, -0.2) is 24.3 Å². The molecule has 2 aromatic rings. The van der Waals surface area contributed by atoms with Crippen LogP contribution in [0.1, 0.15) is 0 Å². The van der Waals surface area contributed by atoms with Crippen LogP contribution < -0.4 is 5.19 Å². The Kier molecular flexibility index (Phi) is 7.35. The van der Waals surface area contributed by atoms with Crippen LogP contribution in [0.15, 0.2) is 54.6 Å². The van der Waals surface area contributed by atoms with E-state index in [0.717, 1.165) is 0 Å². The molecule has 0 N–H and O–H groups in total. The van der Waals surface area contributed by atoms with Gasteiger partial charge in [0.25, 0.3) is 0 Å². The van der Waals surface area contributed by atoms with Gasteiger partial charge in [-0.15, -0.1) is 5.19 Å². The summed E-state index contributed by atoms with van der Waals surface area (Å²) in [5, 5.41) is 1.37. The second kappa shape index (κ2) is 7.63. The Morgan fingerprint density at radius 1 is 1.00 bits per heavy atom. The van der Waals surface area contributed by atoms with Crippen molar-refractivity contribution in [1.82, 2.24) is 0 Å². The van der Waals surface area contributed by atoms with Gasteiger partial charge in [0.05, 0.1) is 0 Å². The minimum Gasteiger partial charge on any atom is -0.428 e. The predicted molar refractivity (Wildman–Crippen MR) is 68.2 cm³/mol. The van der Waals surface area contributed by atoms with E-state index in [-0.39, 0.29) is 17.1 Å². The van der Waals surface area contributed by atoms with Crippen molar-refractivity contribution < 1.29 is 21.5 Å². The first-order valence-electron chi connectivity index (χ1n) is 5.11. The zero-order valence-corrected chi connectivity index (χ0v) is 12.1. The van der Waals surface area contributed by atoms with E-state index < -0.39 is 8.32 Å². The van der Waals surface area contributed by atoms with Gasteiger partial charge in [0.15, 0.2) is 8.32 Å². The van der Waals surface area contributed by atoms with Gasteiger partial charge in [-0.3, -0.25) is 0 Å². The van der Waals surface area contributed by atoms with E-state index in [1.165, 1.54) is 5.19 Å². The fourth-order valence-electron chi connectivity index (χ4n) is 1.21. The van der Waals surface area contributed by atoms with E-state index in [2.05, 4.69) is 37.4 Å². The van der Waals surface area contributed by atoms with E-state index in [1.54, 1.807) is 7.11 Å². The smallest absolute Gasteiger partial charge is 0.428 e. The Morgan fingerprint density at radius 2 is 1.50 bits per heavy atom. The average Bonchev–Trinajstić information content (AvgIpc) is 2.93. The van der Waals surface area contributed by atoms with Crippen LogP contribution in [-0.2, 0) is 21.5 Å². The van der Waals surface area contributed by atoms with Gasteiger partial charge in [-0.2, -0.15) is 30.3 Å². The van der Waals surface area contributed by atoms with Crippen molar-refractivity contribution in [2.45, 2.75) is 13.1 Å². The molecule has 0 aliphatic heterocycles. The van der Waals surface area contributed by atoms with E-state index in [9.17, 15) is 0 Å². The summed E-state index contributed by atoms with van der Waals surface area (Å²) in [6.07, 6.45) is 0. The van der Waals surface area contributed by atoms with Crippen LogP contribution in [0.3, 0.4) is 0 Å². The molecule has 1 nitrogen and oxygen atoms in total. The molecule has 0 saturated heterocycles. The van der Waals surface area contributed by atoms with Gasteiger partial charge in [0, 0.05) is 7.11 Å². The summed E-state index contributed by atoms with van der Waals surface area (Å²) in [6.45, 7) is 4.39. The monoisotopic (exact) mass is 274 g/mol. The van der Waals surface area contributed by atoms with Crippen LogP contribution >= 0.6 is 0 Å².